The summed E-state index contributed by atoms with van der Waals surface area (Å²) < 4.78 is 30.0. The van der Waals surface area contributed by atoms with E-state index >= 15 is 0 Å². The van der Waals surface area contributed by atoms with E-state index in [1.54, 1.807) is 16.4 Å². The van der Waals surface area contributed by atoms with E-state index in [9.17, 15) is 8.42 Å². The van der Waals surface area contributed by atoms with Gasteiger partial charge in [0, 0.05) is 26.2 Å². The summed E-state index contributed by atoms with van der Waals surface area (Å²) in [7, 11) is -3.50. The standard InChI is InChI=1S/C25H32N4O2S/c1-19-24(20(2)29(26-19)22-9-7-6-8-10-22)27-15-17-28(18-16-27)32(30,31)23-13-11-21(12-14-23)25(3,4)5/h6-14H,15-18H2,1-5H3. The first kappa shape index (κ1) is 22.6. The lowest BCUT2D eigenvalue weighted by molar-refractivity contribution is 0.384. The fourth-order valence-corrected chi connectivity index (χ4v) is 5.76. The lowest BCUT2D eigenvalue weighted by Gasteiger charge is -2.35. The van der Waals surface area contributed by atoms with E-state index in [-0.39, 0.29) is 5.41 Å². The third kappa shape index (κ3) is 4.19. The minimum absolute atomic E-state index is 0.00612. The van der Waals surface area contributed by atoms with Crippen LogP contribution in [0.4, 0.5) is 5.69 Å². The number of anilines is 1. The van der Waals surface area contributed by atoms with E-state index in [0.717, 1.165) is 28.3 Å². The number of hydrogen-bond acceptors (Lipinski definition) is 4. The van der Waals surface area contributed by atoms with Crippen LogP contribution in [-0.2, 0) is 15.4 Å². The van der Waals surface area contributed by atoms with Crippen LogP contribution in [0.5, 0.6) is 0 Å². The molecule has 0 saturated carbocycles. The molecule has 0 unspecified atom stereocenters. The van der Waals surface area contributed by atoms with E-state index in [1.165, 1.54) is 0 Å². The Labute approximate surface area is 191 Å². The van der Waals surface area contributed by atoms with E-state index in [4.69, 9.17) is 5.10 Å². The largest absolute Gasteiger partial charge is 0.366 e. The van der Waals surface area contributed by atoms with Gasteiger partial charge in [-0.2, -0.15) is 9.40 Å². The lowest BCUT2D eigenvalue weighted by atomic mass is 9.87. The summed E-state index contributed by atoms with van der Waals surface area (Å²) in [4.78, 5) is 2.62. The van der Waals surface area contributed by atoms with Crippen LogP contribution in [0.25, 0.3) is 5.69 Å². The molecule has 0 aliphatic carbocycles. The number of piperazine rings is 1. The van der Waals surface area contributed by atoms with Crippen molar-refractivity contribution in [1.82, 2.24) is 14.1 Å². The van der Waals surface area contributed by atoms with Gasteiger partial charge in [-0.3, -0.25) is 0 Å². The normalized spacial score (nSPS) is 15.8. The molecule has 1 aliphatic heterocycles. The van der Waals surface area contributed by atoms with Crippen LogP contribution in [0, 0.1) is 13.8 Å². The van der Waals surface area contributed by atoms with Crippen LogP contribution in [0.15, 0.2) is 59.5 Å². The van der Waals surface area contributed by atoms with Gasteiger partial charge in [-0.25, -0.2) is 13.1 Å². The Balaban J connectivity index is 1.50. The molecular weight excluding hydrogens is 420 g/mol. The van der Waals surface area contributed by atoms with Gasteiger partial charge in [-0.1, -0.05) is 51.1 Å². The summed E-state index contributed by atoms with van der Waals surface area (Å²) in [6.07, 6.45) is 0. The Bertz CT molecular complexity index is 1190. The van der Waals surface area contributed by atoms with Crippen LogP contribution in [-0.4, -0.2) is 48.7 Å². The zero-order valence-corrected chi connectivity index (χ0v) is 20.4. The molecule has 0 bridgehead atoms. The highest BCUT2D eigenvalue weighted by molar-refractivity contribution is 7.89. The SMILES string of the molecule is Cc1nn(-c2ccccc2)c(C)c1N1CCN(S(=O)(=O)c2ccc(C(C)(C)C)cc2)CC1. The maximum Gasteiger partial charge on any atom is 0.243 e. The molecule has 7 heteroatoms. The van der Waals surface area contributed by atoms with Crippen LogP contribution in [0.1, 0.15) is 37.7 Å². The molecule has 1 aliphatic rings. The molecule has 6 nitrogen and oxygen atoms in total. The molecule has 32 heavy (non-hydrogen) atoms. The van der Waals surface area contributed by atoms with Gasteiger partial charge in [-0.15, -0.1) is 0 Å². The molecule has 0 radical (unpaired) electrons. The Morgan fingerprint density at radius 3 is 2.00 bits per heavy atom. The van der Waals surface area contributed by atoms with Crippen LogP contribution >= 0.6 is 0 Å². The summed E-state index contributed by atoms with van der Waals surface area (Å²) in [5, 5.41) is 4.74. The fourth-order valence-electron chi connectivity index (χ4n) is 4.34. The number of aromatic nitrogens is 2. The summed E-state index contributed by atoms with van der Waals surface area (Å²) in [6, 6.07) is 17.4. The molecule has 2 aromatic carbocycles. The third-order valence-electron chi connectivity index (χ3n) is 6.17. The molecule has 4 rings (SSSR count). The van der Waals surface area contributed by atoms with Crippen molar-refractivity contribution in [1.29, 1.82) is 0 Å². The highest BCUT2D eigenvalue weighted by atomic mass is 32.2. The minimum atomic E-state index is -3.50. The fraction of sp³-hybridized carbons (Fsp3) is 0.400. The molecule has 170 valence electrons. The van der Waals surface area contributed by atoms with Crippen molar-refractivity contribution in [3.8, 4) is 5.69 Å². The quantitative estimate of drug-likeness (QED) is 0.592. The Kier molecular flexibility index (Phi) is 5.90. The number of rotatable bonds is 4. The van der Waals surface area contributed by atoms with Gasteiger partial charge in [0.1, 0.15) is 0 Å². The highest BCUT2D eigenvalue weighted by Crippen LogP contribution is 2.29. The zero-order chi connectivity index (χ0) is 23.1. The average Bonchev–Trinajstić information content (AvgIpc) is 3.08. The van der Waals surface area contributed by atoms with Crippen molar-refractivity contribution in [2.24, 2.45) is 0 Å². The summed E-state index contributed by atoms with van der Waals surface area (Å²) in [6.45, 7) is 12.7. The van der Waals surface area contributed by atoms with Crippen molar-refractivity contribution in [2.75, 3.05) is 31.1 Å². The van der Waals surface area contributed by atoms with Crippen molar-refractivity contribution < 1.29 is 8.42 Å². The number of para-hydroxylation sites is 1. The molecule has 3 aromatic rings. The molecule has 0 atom stereocenters. The van der Waals surface area contributed by atoms with Crippen molar-refractivity contribution in [3.63, 3.8) is 0 Å². The Morgan fingerprint density at radius 2 is 1.44 bits per heavy atom. The van der Waals surface area contributed by atoms with Crippen LogP contribution < -0.4 is 4.90 Å². The molecule has 1 aromatic heterocycles. The predicted octanol–water partition coefficient (Wildman–Crippen LogP) is 4.30. The molecule has 1 saturated heterocycles. The van der Waals surface area contributed by atoms with Gasteiger partial charge in [0.2, 0.25) is 10.0 Å². The van der Waals surface area contributed by atoms with Gasteiger partial charge in [-0.05, 0) is 49.1 Å². The second-order valence-corrected chi connectivity index (χ2v) is 11.4. The highest BCUT2D eigenvalue weighted by Gasteiger charge is 2.30. The van der Waals surface area contributed by atoms with Crippen LogP contribution in [0.2, 0.25) is 0 Å². The van der Waals surface area contributed by atoms with Gasteiger partial charge in [0.15, 0.2) is 0 Å². The predicted molar refractivity (Wildman–Crippen MR) is 129 cm³/mol. The first-order valence-corrected chi connectivity index (χ1v) is 12.5. The first-order valence-electron chi connectivity index (χ1n) is 11.1. The van der Waals surface area contributed by atoms with Crippen molar-refractivity contribution in [3.05, 3.63) is 71.5 Å². The van der Waals surface area contributed by atoms with Crippen molar-refractivity contribution >= 4 is 15.7 Å². The molecule has 0 amide bonds. The summed E-state index contributed by atoms with van der Waals surface area (Å²) in [5.41, 5.74) is 5.28. The lowest BCUT2D eigenvalue weighted by Crippen LogP contribution is -2.49. The number of sulfonamides is 1. The maximum atomic E-state index is 13.2. The van der Waals surface area contributed by atoms with E-state index in [0.29, 0.717) is 31.1 Å². The summed E-state index contributed by atoms with van der Waals surface area (Å²) >= 11 is 0. The van der Waals surface area contributed by atoms with E-state index in [2.05, 4.69) is 32.6 Å². The number of benzene rings is 2. The second-order valence-electron chi connectivity index (χ2n) is 9.43. The number of hydrogen-bond donors (Lipinski definition) is 0. The van der Waals surface area contributed by atoms with Crippen LogP contribution in [0.3, 0.4) is 0 Å². The van der Waals surface area contributed by atoms with Gasteiger partial charge < -0.3 is 4.90 Å². The van der Waals surface area contributed by atoms with Gasteiger partial charge in [0.25, 0.3) is 0 Å². The monoisotopic (exact) mass is 452 g/mol. The van der Waals surface area contributed by atoms with Gasteiger partial charge in [0.05, 0.1) is 27.7 Å². The second kappa shape index (κ2) is 8.37. The van der Waals surface area contributed by atoms with Crippen molar-refractivity contribution in [2.45, 2.75) is 44.9 Å². The molecule has 2 heterocycles. The summed E-state index contributed by atoms with van der Waals surface area (Å²) in [5.74, 6) is 0. The van der Waals surface area contributed by atoms with E-state index in [1.807, 2.05) is 54.1 Å². The molecular formula is C25H32N4O2S. The Hall–Kier alpha value is -2.64. The van der Waals surface area contributed by atoms with Gasteiger partial charge >= 0.3 is 0 Å². The topological polar surface area (TPSA) is 58.4 Å². The maximum absolute atomic E-state index is 13.2. The molecule has 0 N–H and O–H groups in total. The number of nitrogens with zero attached hydrogens (tertiary/aromatic N) is 4. The van der Waals surface area contributed by atoms with E-state index < -0.39 is 10.0 Å². The Morgan fingerprint density at radius 1 is 0.844 bits per heavy atom. The average molecular weight is 453 g/mol. The number of aryl methyl sites for hydroxylation is 1. The third-order valence-corrected chi connectivity index (χ3v) is 8.08. The smallest absolute Gasteiger partial charge is 0.243 e. The minimum Gasteiger partial charge on any atom is -0.366 e. The molecule has 0 spiro atoms. The zero-order valence-electron chi connectivity index (χ0n) is 19.5. The first-order chi connectivity index (χ1) is 15.1. The molecule has 1 fully saturated rings.